The van der Waals surface area contributed by atoms with Crippen LogP contribution in [0.3, 0.4) is 0 Å². The summed E-state index contributed by atoms with van der Waals surface area (Å²) in [5.41, 5.74) is 0.358. The van der Waals surface area contributed by atoms with Gasteiger partial charge in [0.15, 0.2) is 20.8 Å². The summed E-state index contributed by atoms with van der Waals surface area (Å²) < 4.78 is 2.39. The van der Waals surface area contributed by atoms with Crippen molar-refractivity contribution in [1.82, 2.24) is 24.8 Å². The van der Waals surface area contributed by atoms with E-state index in [0.29, 0.717) is 33.3 Å². The summed E-state index contributed by atoms with van der Waals surface area (Å²) in [5, 5.41) is 27.3. The van der Waals surface area contributed by atoms with Gasteiger partial charge in [-0.15, -0.1) is 0 Å². The van der Waals surface area contributed by atoms with Crippen LogP contribution < -0.4 is 10.6 Å². The Balaban J connectivity index is 1.55. The molecule has 5 atom stereocenters. The average Bonchev–Trinajstić information content (AvgIpc) is 3.15. The van der Waals surface area contributed by atoms with Gasteiger partial charge in [-0.05, 0) is 25.7 Å². The number of hydrogen-bond acceptors (Lipinski definition) is 7. The molecule has 2 aromatic heterocycles. The van der Waals surface area contributed by atoms with Crippen molar-refractivity contribution >= 4 is 45.5 Å². The molecule has 2 heterocycles. The van der Waals surface area contributed by atoms with E-state index < -0.39 is 23.7 Å². The maximum Gasteiger partial charge on any atom is 0.229 e. The number of imidazole rings is 1. The van der Waals surface area contributed by atoms with Gasteiger partial charge < -0.3 is 25.4 Å². The van der Waals surface area contributed by atoms with Crippen LogP contribution in [0.1, 0.15) is 31.7 Å². The molecule has 3 fully saturated rings. The standard InChI is InChI=1S/C17H21IN6O3/c1-19-15(27)17-5-8(17)10(11(25)12(17)26)24-6-20-9-13(21-7-3-2-4-7)22-16(18)23-14(9)24/h6-8,10-12,25-26H,2-5H2,1H3,(H,19,27)(H,21,22,23)/t8?,10-,11?,12+,17-/m1/s1. The highest BCUT2D eigenvalue weighted by Gasteiger charge is 2.75. The summed E-state index contributed by atoms with van der Waals surface area (Å²) in [6.45, 7) is 0. The van der Waals surface area contributed by atoms with E-state index in [2.05, 4.69) is 48.2 Å². The molecule has 0 radical (unpaired) electrons. The van der Waals surface area contributed by atoms with Crippen LogP contribution in [-0.4, -0.2) is 60.9 Å². The minimum Gasteiger partial charge on any atom is -0.389 e. The van der Waals surface area contributed by atoms with Crippen molar-refractivity contribution in [2.45, 2.75) is 50.0 Å². The average molecular weight is 484 g/mol. The topological polar surface area (TPSA) is 125 Å². The van der Waals surface area contributed by atoms with Crippen LogP contribution in [0.25, 0.3) is 11.2 Å². The zero-order chi connectivity index (χ0) is 18.9. The van der Waals surface area contributed by atoms with E-state index in [4.69, 9.17) is 0 Å². The largest absolute Gasteiger partial charge is 0.389 e. The minimum absolute atomic E-state index is 0.143. The molecule has 2 aromatic rings. The number of anilines is 1. The number of aliphatic hydroxyl groups is 2. The highest BCUT2D eigenvalue weighted by Crippen LogP contribution is 2.67. The number of amides is 1. The predicted octanol–water partition coefficient (Wildman–Crippen LogP) is 0.424. The van der Waals surface area contributed by atoms with Crippen LogP contribution in [0.5, 0.6) is 0 Å². The fourth-order valence-electron chi connectivity index (χ4n) is 4.74. The van der Waals surface area contributed by atoms with E-state index in [0.717, 1.165) is 12.8 Å². The third-order valence-corrected chi connectivity index (χ3v) is 6.97. The first-order chi connectivity index (χ1) is 13.0. The van der Waals surface area contributed by atoms with E-state index in [1.54, 1.807) is 17.9 Å². The molecule has 0 bridgehead atoms. The predicted molar refractivity (Wildman–Crippen MR) is 105 cm³/mol. The van der Waals surface area contributed by atoms with Gasteiger partial charge in [0, 0.05) is 41.6 Å². The lowest BCUT2D eigenvalue weighted by Crippen LogP contribution is -2.41. The lowest BCUT2D eigenvalue weighted by molar-refractivity contribution is -0.132. The van der Waals surface area contributed by atoms with Crippen molar-refractivity contribution in [2.24, 2.45) is 11.3 Å². The molecule has 144 valence electrons. The molecular formula is C17H21IN6O3. The SMILES string of the molecule is CNC(=O)[C@]12CC1[C@@H](n1cnc3c(NC4CCC4)nc(I)nc31)C(O)[C@@H]2O. The summed E-state index contributed by atoms with van der Waals surface area (Å²) in [6, 6.07) is -0.0307. The molecule has 9 nitrogen and oxygen atoms in total. The summed E-state index contributed by atoms with van der Waals surface area (Å²) in [5.74, 6) is 0.340. The number of carbonyl (C=O) groups is 1. The maximum atomic E-state index is 12.3. The number of rotatable bonds is 4. The number of nitrogens with zero attached hydrogens (tertiary/aromatic N) is 4. The molecule has 0 aliphatic heterocycles. The Morgan fingerprint density at radius 1 is 1.37 bits per heavy atom. The molecule has 0 saturated heterocycles. The molecule has 10 heteroatoms. The molecule has 3 saturated carbocycles. The lowest BCUT2D eigenvalue weighted by atomic mass is 9.93. The van der Waals surface area contributed by atoms with Crippen LogP contribution in [0.4, 0.5) is 5.82 Å². The zero-order valence-corrected chi connectivity index (χ0v) is 16.9. The van der Waals surface area contributed by atoms with Gasteiger partial charge in [-0.1, -0.05) is 0 Å². The fourth-order valence-corrected chi connectivity index (χ4v) is 5.21. The van der Waals surface area contributed by atoms with Gasteiger partial charge in [-0.25, -0.2) is 15.0 Å². The summed E-state index contributed by atoms with van der Waals surface area (Å²) in [6.07, 6.45) is 3.49. The Hall–Kier alpha value is -1.53. The first-order valence-corrected chi connectivity index (χ1v) is 10.3. The number of carbonyl (C=O) groups excluding carboxylic acids is 1. The highest BCUT2D eigenvalue weighted by atomic mass is 127. The van der Waals surface area contributed by atoms with Crippen molar-refractivity contribution in [3.05, 3.63) is 10.2 Å². The Morgan fingerprint density at radius 3 is 2.81 bits per heavy atom. The second-order valence-electron chi connectivity index (χ2n) is 7.79. The summed E-state index contributed by atoms with van der Waals surface area (Å²) in [4.78, 5) is 25.9. The van der Waals surface area contributed by atoms with Gasteiger partial charge in [0.2, 0.25) is 5.91 Å². The third-order valence-electron chi connectivity index (χ3n) is 6.48. The molecule has 2 unspecified atom stereocenters. The molecule has 4 N–H and O–H groups in total. The molecule has 3 aliphatic rings. The normalized spacial score (nSPS) is 35.0. The van der Waals surface area contributed by atoms with Gasteiger partial charge in [-0.3, -0.25) is 4.79 Å². The Kier molecular flexibility index (Phi) is 3.89. The van der Waals surface area contributed by atoms with Gasteiger partial charge in [0.25, 0.3) is 0 Å². The lowest BCUT2D eigenvalue weighted by Gasteiger charge is -2.27. The van der Waals surface area contributed by atoms with Crippen molar-refractivity contribution in [1.29, 1.82) is 0 Å². The van der Waals surface area contributed by atoms with Gasteiger partial charge in [0.1, 0.15) is 6.10 Å². The fraction of sp³-hybridized carbons (Fsp3) is 0.647. The van der Waals surface area contributed by atoms with Crippen LogP contribution in [0.15, 0.2) is 6.33 Å². The van der Waals surface area contributed by atoms with Gasteiger partial charge >= 0.3 is 0 Å². The van der Waals surface area contributed by atoms with Crippen LogP contribution >= 0.6 is 22.6 Å². The second kappa shape index (κ2) is 5.98. The maximum absolute atomic E-state index is 12.3. The number of aromatic nitrogens is 4. The third kappa shape index (κ3) is 2.35. The summed E-state index contributed by atoms with van der Waals surface area (Å²) in [7, 11) is 1.56. The van der Waals surface area contributed by atoms with Crippen LogP contribution in [0.2, 0.25) is 0 Å². The molecule has 5 rings (SSSR count). The number of nitrogens with one attached hydrogen (secondary N) is 2. The number of fused-ring (bicyclic) bond motifs is 2. The number of aliphatic hydroxyl groups excluding tert-OH is 2. The minimum atomic E-state index is -1.10. The monoisotopic (exact) mass is 484 g/mol. The first kappa shape index (κ1) is 17.6. The smallest absolute Gasteiger partial charge is 0.229 e. The van der Waals surface area contributed by atoms with Crippen molar-refractivity contribution in [3.63, 3.8) is 0 Å². The number of hydrogen-bond donors (Lipinski definition) is 4. The van der Waals surface area contributed by atoms with Gasteiger partial charge in [-0.2, -0.15) is 0 Å². The summed E-state index contributed by atoms with van der Waals surface area (Å²) >= 11 is 2.07. The van der Waals surface area contributed by atoms with E-state index in [9.17, 15) is 15.0 Å². The van der Waals surface area contributed by atoms with Crippen molar-refractivity contribution in [3.8, 4) is 0 Å². The second-order valence-corrected chi connectivity index (χ2v) is 8.76. The molecule has 0 spiro atoms. The van der Waals surface area contributed by atoms with Gasteiger partial charge in [0.05, 0.1) is 23.9 Å². The molecule has 1 amide bonds. The Bertz CT molecular complexity index is 931. The van der Waals surface area contributed by atoms with E-state index in [1.807, 2.05) is 0 Å². The highest BCUT2D eigenvalue weighted by molar-refractivity contribution is 14.1. The Labute approximate surface area is 169 Å². The molecular weight excluding hydrogens is 463 g/mol. The molecule has 27 heavy (non-hydrogen) atoms. The zero-order valence-electron chi connectivity index (χ0n) is 14.8. The number of halogens is 1. The quantitative estimate of drug-likeness (QED) is 0.366. The van der Waals surface area contributed by atoms with E-state index >= 15 is 0 Å². The van der Waals surface area contributed by atoms with Crippen molar-refractivity contribution < 1.29 is 15.0 Å². The van der Waals surface area contributed by atoms with Crippen LogP contribution in [0, 0.1) is 15.2 Å². The van der Waals surface area contributed by atoms with Crippen LogP contribution in [-0.2, 0) is 4.79 Å². The van der Waals surface area contributed by atoms with E-state index in [-0.39, 0.29) is 11.8 Å². The molecule has 3 aliphatic carbocycles. The Morgan fingerprint density at radius 2 is 2.15 bits per heavy atom. The van der Waals surface area contributed by atoms with Crippen molar-refractivity contribution in [2.75, 3.05) is 12.4 Å². The molecule has 0 aromatic carbocycles. The van der Waals surface area contributed by atoms with E-state index in [1.165, 1.54) is 6.42 Å². The first-order valence-electron chi connectivity index (χ1n) is 9.22.